The van der Waals surface area contributed by atoms with Crippen molar-refractivity contribution in [3.05, 3.63) is 0 Å². The molecule has 0 fully saturated rings. The van der Waals surface area contributed by atoms with Crippen LogP contribution in [-0.2, 0) is 33.2 Å². The summed E-state index contributed by atoms with van der Waals surface area (Å²) in [5.41, 5.74) is 0. The van der Waals surface area contributed by atoms with E-state index in [4.69, 9.17) is 0 Å². The third kappa shape index (κ3) is 10.3. The molecule has 0 unspecified atom stereocenters. The fourth-order valence-electron chi connectivity index (χ4n) is 0.477. The summed E-state index contributed by atoms with van der Waals surface area (Å²) in [6.07, 6.45) is -2.23. The first-order valence-electron chi connectivity index (χ1n) is 4.27. The summed E-state index contributed by atoms with van der Waals surface area (Å²) < 4.78 is 25.8. The fraction of sp³-hybridized carbons (Fsp3) is 0.625. The Hall–Kier alpha value is -2.03. The summed E-state index contributed by atoms with van der Waals surface area (Å²) in [6.45, 7) is -0.414. The number of methoxy groups -OCH3 is 1. The lowest BCUT2D eigenvalue weighted by atomic mass is 10.8. The molecule has 0 saturated heterocycles. The highest BCUT2D eigenvalue weighted by atomic mass is 16.8. The van der Waals surface area contributed by atoms with Crippen molar-refractivity contribution in [1.29, 1.82) is 0 Å². The van der Waals surface area contributed by atoms with Crippen LogP contribution in [0.1, 0.15) is 6.92 Å². The Balaban J connectivity index is 3.44. The summed E-state index contributed by atoms with van der Waals surface area (Å²) >= 11 is 0. The lowest BCUT2D eigenvalue weighted by Gasteiger charge is -2.06. The first-order valence-corrected chi connectivity index (χ1v) is 4.27. The molecule has 0 rings (SSSR count). The monoisotopic (exact) mass is 252 g/mol. The van der Waals surface area contributed by atoms with E-state index in [0.717, 1.165) is 6.92 Å². The van der Waals surface area contributed by atoms with E-state index in [9.17, 15) is 14.4 Å². The predicted octanol–water partition coefficient (Wildman–Crippen LogP) is 0.375. The maximum absolute atomic E-state index is 10.7. The van der Waals surface area contributed by atoms with E-state index in [2.05, 4.69) is 28.4 Å². The van der Waals surface area contributed by atoms with Gasteiger partial charge in [-0.15, -0.1) is 0 Å². The first-order chi connectivity index (χ1) is 8.06. The van der Waals surface area contributed by atoms with E-state index in [1.54, 1.807) is 0 Å². The Bertz CT molecular complexity index is 262. The molecule has 0 saturated carbocycles. The van der Waals surface area contributed by atoms with Gasteiger partial charge in [0.2, 0.25) is 13.6 Å². The number of hydrogen-bond acceptors (Lipinski definition) is 9. The van der Waals surface area contributed by atoms with Gasteiger partial charge in [-0.2, -0.15) is 0 Å². The van der Waals surface area contributed by atoms with Gasteiger partial charge < -0.3 is 28.4 Å². The Morgan fingerprint density at radius 2 is 1.18 bits per heavy atom. The normalized spacial score (nSPS) is 9.06. The van der Waals surface area contributed by atoms with E-state index in [0.29, 0.717) is 0 Å². The topological polar surface area (TPSA) is 107 Å². The number of rotatable bonds is 6. The molecule has 0 amide bonds. The van der Waals surface area contributed by atoms with Gasteiger partial charge in [-0.25, -0.2) is 9.59 Å². The van der Waals surface area contributed by atoms with E-state index in [-0.39, 0.29) is 6.79 Å². The average molecular weight is 252 g/mol. The maximum atomic E-state index is 10.7. The van der Waals surface area contributed by atoms with Crippen LogP contribution < -0.4 is 0 Å². The summed E-state index contributed by atoms with van der Waals surface area (Å²) in [4.78, 5) is 31.7. The van der Waals surface area contributed by atoms with E-state index in [1.807, 2.05) is 0 Å². The van der Waals surface area contributed by atoms with Crippen LogP contribution in [-0.4, -0.2) is 45.8 Å². The van der Waals surface area contributed by atoms with Crippen LogP contribution in [0.25, 0.3) is 0 Å². The first kappa shape index (κ1) is 15.0. The number of ether oxygens (including phenoxy) is 6. The van der Waals surface area contributed by atoms with Crippen LogP contribution in [0.2, 0.25) is 0 Å². The van der Waals surface area contributed by atoms with Crippen molar-refractivity contribution in [2.45, 2.75) is 6.92 Å². The second-order valence-electron chi connectivity index (χ2n) is 2.36. The molecule has 0 aliphatic rings. The molecule has 17 heavy (non-hydrogen) atoms. The van der Waals surface area contributed by atoms with Crippen LogP contribution in [0, 0.1) is 0 Å². The highest BCUT2D eigenvalue weighted by Crippen LogP contribution is 1.90. The van der Waals surface area contributed by atoms with Crippen LogP contribution >= 0.6 is 0 Å². The van der Waals surface area contributed by atoms with Crippen molar-refractivity contribution in [3.63, 3.8) is 0 Å². The molecule has 9 heteroatoms. The molecule has 0 heterocycles. The van der Waals surface area contributed by atoms with Crippen molar-refractivity contribution in [2.75, 3.05) is 27.5 Å². The summed E-state index contributed by atoms with van der Waals surface area (Å²) in [7, 11) is 1.32. The molecule has 98 valence electrons. The van der Waals surface area contributed by atoms with Gasteiger partial charge in [0, 0.05) is 14.0 Å². The lowest BCUT2D eigenvalue weighted by molar-refractivity contribution is -0.151. The van der Waals surface area contributed by atoms with E-state index < -0.39 is 31.9 Å². The zero-order chi connectivity index (χ0) is 13.1. The second-order valence-corrected chi connectivity index (χ2v) is 2.36. The SMILES string of the molecule is COCOC(=O)OCOC(=O)OCOC(C)=O. The third-order valence-electron chi connectivity index (χ3n) is 1.09. The molecule has 0 atom stereocenters. The largest absolute Gasteiger partial charge is 0.514 e. The molecule has 0 aromatic carbocycles. The van der Waals surface area contributed by atoms with Crippen molar-refractivity contribution < 1.29 is 42.8 Å². The molecule has 0 aromatic rings. The maximum Gasteiger partial charge on any atom is 0.514 e. The molecular formula is C8H12O9. The molecule has 0 spiro atoms. The number of esters is 1. The van der Waals surface area contributed by atoms with Gasteiger partial charge in [-0.3, -0.25) is 4.79 Å². The Labute approximate surface area is 96.5 Å². The minimum Gasteiger partial charge on any atom is -0.428 e. The minimum absolute atomic E-state index is 0.282. The van der Waals surface area contributed by atoms with Crippen molar-refractivity contribution in [1.82, 2.24) is 0 Å². The molecule has 0 bridgehead atoms. The van der Waals surface area contributed by atoms with Crippen LogP contribution in [0.15, 0.2) is 0 Å². The molecule has 9 nitrogen and oxygen atoms in total. The molecule has 0 aromatic heterocycles. The minimum atomic E-state index is -1.16. The van der Waals surface area contributed by atoms with Crippen molar-refractivity contribution in [2.24, 2.45) is 0 Å². The van der Waals surface area contributed by atoms with E-state index in [1.165, 1.54) is 7.11 Å². The Morgan fingerprint density at radius 1 is 0.765 bits per heavy atom. The van der Waals surface area contributed by atoms with Crippen LogP contribution in [0.3, 0.4) is 0 Å². The van der Waals surface area contributed by atoms with Crippen molar-refractivity contribution in [3.8, 4) is 0 Å². The van der Waals surface area contributed by atoms with E-state index >= 15 is 0 Å². The van der Waals surface area contributed by atoms with Gasteiger partial charge >= 0.3 is 18.3 Å². The molecule has 0 aliphatic carbocycles. The van der Waals surface area contributed by atoms with Crippen LogP contribution in [0.4, 0.5) is 9.59 Å². The highest BCUT2D eigenvalue weighted by molar-refractivity contribution is 5.66. The van der Waals surface area contributed by atoms with Gasteiger partial charge in [-0.05, 0) is 0 Å². The Morgan fingerprint density at radius 3 is 1.59 bits per heavy atom. The van der Waals surface area contributed by atoms with Crippen molar-refractivity contribution >= 4 is 18.3 Å². The quantitative estimate of drug-likeness (QED) is 0.376. The lowest BCUT2D eigenvalue weighted by Crippen LogP contribution is -2.17. The van der Waals surface area contributed by atoms with Gasteiger partial charge in [0.1, 0.15) is 0 Å². The predicted molar refractivity (Wildman–Crippen MR) is 48.5 cm³/mol. The molecule has 0 aliphatic heterocycles. The zero-order valence-corrected chi connectivity index (χ0v) is 9.30. The molecule has 0 N–H and O–H groups in total. The number of carbonyl (C=O) groups is 3. The van der Waals surface area contributed by atoms with Gasteiger partial charge in [0.05, 0.1) is 0 Å². The second kappa shape index (κ2) is 9.21. The fourth-order valence-corrected chi connectivity index (χ4v) is 0.477. The van der Waals surface area contributed by atoms with Gasteiger partial charge in [-0.1, -0.05) is 0 Å². The van der Waals surface area contributed by atoms with Crippen LogP contribution in [0.5, 0.6) is 0 Å². The Kier molecular flexibility index (Phi) is 8.11. The smallest absolute Gasteiger partial charge is 0.428 e. The number of carbonyl (C=O) groups excluding carboxylic acids is 3. The number of hydrogen-bond donors (Lipinski definition) is 0. The molecule has 0 radical (unpaired) electrons. The van der Waals surface area contributed by atoms with Gasteiger partial charge in [0.25, 0.3) is 0 Å². The summed E-state index contributed by atoms with van der Waals surface area (Å²) in [6, 6.07) is 0. The zero-order valence-electron chi connectivity index (χ0n) is 9.30. The third-order valence-corrected chi connectivity index (χ3v) is 1.09. The standard InChI is InChI=1S/C8H12O9/c1-6(9)13-4-15-8(11)17-5-16-7(10)14-3-12-2/h3-5H2,1-2H3. The van der Waals surface area contributed by atoms with Gasteiger partial charge in [0.15, 0.2) is 6.79 Å². The molecular weight excluding hydrogens is 240 g/mol. The average Bonchev–Trinajstić information content (AvgIpc) is 2.25. The summed E-state index contributed by atoms with van der Waals surface area (Å²) in [5.74, 6) is -0.614. The highest BCUT2D eigenvalue weighted by Gasteiger charge is 2.08. The summed E-state index contributed by atoms with van der Waals surface area (Å²) in [5, 5.41) is 0.